The Morgan fingerprint density at radius 3 is 2.50 bits per heavy atom. The number of rotatable bonds is 4. The van der Waals surface area contributed by atoms with Crippen LogP contribution in [0.2, 0.25) is 0 Å². The van der Waals surface area contributed by atoms with Gasteiger partial charge in [0.2, 0.25) is 0 Å². The Bertz CT molecular complexity index is 454. The highest BCUT2D eigenvalue weighted by Crippen LogP contribution is 2.29. The molecule has 0 bridgehead atoms. The molecule has 0 radical (unpaired) electrons. The molecule has 1 heterocycles. The summed E-state index contributed by atoms with van der Waals surface area (Å²) in [6.07, 6.45) is -4.66. The number of aromatic nitrogens is 1. The van der Waals surface area contributed by atoms with E-state index in [9.17, 15) is 13.2 Å². The maximum atomic E-state index is 12.2. The van der Waals surface area contributed by atoms with Crippen LogP contribution in [-0.4, -0.2) is 16.7 Å². The topological polar surface area (TPSA) is 41.0 Å². The van der Waals surface area contributed by atoms with Crippen LogP contribution >= 0.6 is 0 Å². The molecule has 1 unspecified atom stereocenters. The molecule has 1 aromatic heterocycles. The maximum absolute atomic E-state index is 12.2. The number of pyridine rings is 1. The zero-order valence-electron chi connectivity index (χ0n) is 9.41. The molecule has 0 saturated heterocycles. The molecular formula is C12H10F3N3. The predicted molar refractivity (Wildman–Crippen MR) is 58.2 cm³/mol. The summed E-state index contributed by atoms with van der Waals surface area (Å²) in [7, 11) is 0. The Morgan fingerprint density at radius 1 is 1.33 bits per heavy atom. The van der Waals surface area contributed by atoms with Gasteiger partial charge in [0.1, 0.15) is 0 Å². The summed E-state index contributed by atoms with van der Waals surface area (Å²) in [5, 5.41) is 8.98. The summed E-state index contributed by atoms with van der Waals surface area (Å²) in [4.78, 5) is 7.01. The zero-order chi connectivity index (χ0) is 13.6. The lowest BCUT2D eigenvalue weighted by Crippen LogP contribution is -2.28. The van der Waals surface area contributed by atoms with Gasteiger partial charge in [-0.1, -0.05) is 6.07 Å². The van der Waals surface area contributed by atoms with E-state index in [4.69, 9.17) is 11.8 Å². The van der Waals surface area contributed by atoms with Crippen molar-refractivity contribution in [1.82, 2.24) is 4.98 Å². The molecule has 18 heavy (non-hydrogen) atoms. The molecule has 6 heteroatoms. The zero-order valence-corrected chi connectivity index (χ0v) is 9.41. The Morgan fingerprint density at radius 2 is 2.06 bits per heavy atom. The highest BCUT2D eigenvalue weighted by molar-refractivity contribution is 5.22. The normalized spacial score (nSPS) is 14.3. The van der Waals surface area contributed by atoms with Gasteiger partial charge in [0.15, 0.2) is 6.07 Å². The fraction of sp³-hybridized carbons (Fsp3) is 0.417. The SMILES string of the molecule is [C-]#[N+]C(C#N)(CCC(F)(F)F)Cc1ccccn1. The molecule has 0 aromatic carbocycles. The third-order valence-electron chi connectivity index (χ3n) is 2.44. The summed E-state index contributed by atoms with van der Waals surface area (Å²) in [6.45, 7) is 6.97. The first-order valence-corrected chi connectivity index (χ1v) is 5.17. The molecule has 0 amide bonds. The highest BCUT2D eigenvalue weighted by Gasteiger charge is 2.42. The van der Waals surface area contributed by atoms with Crippen molar-refractivity contribution in [3.8, 4) is 6.07 Å². The lowest BCUT2D eigenvalue weighted by atomic mass is 9.90. The largest absolute Gasteiger partial charge is 0.389 e. The second kappa shape index (κ2) is 5.50. The molecule has 0 N–H and O–H groups in total. The summed E-state index contributed by atoms with van der Waals surface area (Å²) in [6, 6.07) is 6.60. The molecule has 0 spiro atoms. The van der Waals surface area contributed by atoms with E-state index in [0.29, 0.717) is 5.69 Å². The molecule has 0 aliphatic rings. The fourth-order valence-electron chi connectivity index (χ4n) is 1.46. The van der Waals surface area contributed by atoms with E-state index in [-0.39, 0.29) is 6.42 Å². The van der Waals surface area contributed by atoms with Crippen molar-refractivity contribution in [2.75, 3.05) is 0 Å². The van der Waals surface area contributed by atoms with Crippen LogP contribution in [0.1, 0.15) is 18.5 Å². The van der Waals surface area contributed by atoms with Gasteiger partial charge in [-0.25, -0.2) is 6.57 Å². The number of nitriles is 1. The summed E-state index contributed by atoms with van der Waals surface area (Å²) < 4.78 is 36.5. The number of halogens is 3. The molecule has 1 rings (SSSR count). The van der Waals surface area contributed by atoms with E-state index < -0.39 is 24.6 Å². The second-order valence-corrected chi connectivity index (χ2v) is 3.87. The van der Waals surface area contributed by atoms with E-state index in [1.807, 2.05) is 0 Å². The van der Waals surface area contributed by atoms with Crippen molar-refractivity contribution in [3.63, 3.8) is 0 Å². The van der Waals surface area contributed by atoms with Crippen molar-refractivity contribution >= 4 is 0 Å². The van der Waals surface area contributed by atoms with Gasteiger partial charge in [-0.3, -0.25) is 9.83 Å². The van der Waals surface area contributed by atoms with Crippen LogP contribution in [0.4, 0.5) is 13.2 Å². The van der Waals surface area contributed by atoms with Gasteiger partial charge < -0.3 is 0 Å². The number of hydrogen-bond acceptors (Lipinski definition) is 2. The minimum absolute atomic E-state index is 0.0933. The van der Waals surface area contributed by atoms with E-state index in [1.165, 1.54) is 6.20 Å². The summed E-state index contributed by atoms with van der Waals surface area (Å²) in [5.41, 5.74) is -1.25. The van der Waals surface area contributed by atoms with Gasteiger partial charge in [0, 0.05) is 18.3 Å². The molecule has 0 aliphatic heterocycles. The molecule has 94 valence electrons. The third-order valence-corrected chi connectivity index (χ3v) is 2.44. The quantitative estimate of drug-likeness (QED) is 0.773. The van der Waals surface area contributed by atoms with Gasteiger partial charge in [-0.2, -0.15) is 18.4 Å². The first kappa shape index (κ1) is 14.0. The molecule has 0 fully saturated rings. The second-order valence-electron chi connectivity index (χ2n) is 3.87. The van der Waals surface area contributed by atoms with Crippen molar-refractivity contribution < 1.29 is 13.2 Å². The van der Waals surface area contributed by atoms with Gasteiger partial charge in [0.05, 0.1) is 12.8 Å². The van der Waals surface area contributed by atoms with Gasteiger partial charge in [-0.05, 0) is 12.1 Å². The van der Waals surface area contributed by atoms with Crippen LogP contribution in [0.3, 0.4) is 0 Å². The maximum Gasteiger partial charge on any atom is 0.389 e. The monoisotopic (exact) mass is 253 g/mol. The van der Waals surface area contributed by atoms with E-state index in [1.54, 1.807) is 24.3 Å². The summed E-state index contributed by atoms with van der Waals surface area (Å²) in [5.74, 6) is 0. The van der Waals surface area contributed by atoms with Crippen molar-refractivity contribution in [2.45, 2.75) is 31.0 Å². The Labute approximate surface area is 103 Å². The van der Waals surface area contributed by atoms with Crippen molar-refractivity contribution in [2.24, 2.45) is 0 Å². The van der Waals surface area contributed by atoms with Crippen molar-refractivity contribution in [3.05, 3.63) is 41.5 Å². The lowest BCUT2D eigenvalue weighted by Gasteiger charge is -2.15. The van der Waals surface area contributed by atoms with Gasteiger partial charge in [0.25, 0.3) is 0 Å². The van der Waals surface area contributed by atoms with Gasteiger partial charge in [-0.15, -0.1) is 0 Å². The predicted octanol–water partition coefficient (Wildman–Crippen LogP) is 3.15. The molecule has 1 atom stereocenters. The minimum atomic E-state index is -4.36. The molecular weight excluding hydrogens is 243 g/mol. The van der Waals surface area contributed by atoms with Crippen LogP contribution in [0.5, 0.6) is 0 Å². The molecule has 0 aliphatic carbocycles. The van der Waals surface area contributed by atoms with E-state index in [0.717, 1.165) is 0 Å². The fourth-order valence-corrected chi connectivity index (χ4v) is 1.46. The Kier molecular flexibility index (Phi) is 4.28. The van der Waals surface area contributed by atoms with Crippen LogP contribution in [0.15, 0.2) is 24.4 Å². The number of hydrogen-bond donors (Lipinski definition) is 0. The first-order valence-electron chi connectivity index (χ1n) is 5.17. The Balaban J connectivity index is 2.83. The smallest absolute Gasteiger partial charge is 0.294 e. The average Bonchev–Trinajstić information content (AvgIpc) is 2.35. The van der Waals surface area contributed by atoms with Gasteiger partial charge >= 0.3 is 11.7 Å². The molecule has 0 saturated carbocycles. The molecule has 3 nitrogen and oxygen atoms in total. The van der Waals surface area contributed by atoms with E-state index in [2.05, 4.69) is 9.83 Å². The Hall–Kier alpha value is -2.08. The highest BCUT2D eigenvalue weighted by atomic mass is 19.4. The summed E-state index contributed by atoms with van der Waals surface area (Å²) >= 11 is 0. The van der Waals surface area contributed by atoms with Crippen LogP contribution < -0.4 is 0 Å². The van der Waals surface area contributed by atoms with E-state index >= 15 is 0 Å². The van der Waals surface area contributed by atoms with Crippen LogP contribution in [-0.2, 0) is 6.42 Å². The van der Waals surface area contributed by atoms with Crippen molar-refractivity contribution in [1.29, 1.82) is 5.26 Å². The lowest BCUT2D eigenvalue weighted by molar-refractivity contribution is -0.136. The average molecular weight is 253 g/mol. The molecule has 1 aromatic rings. The number of nitrogens with zero attached hydrogens (tertiary/aromatic N) is 3. The number of alkyl halides is 3. The van der Waals surface area contributed by atoms with Crippen LogP contribution in [0, 0.1) is 17.9 Å². The minimum Gasteiger partial charge on any atom is -0.294 e. The standard InChI is InChI=1S/C12H10F3N3/c1-17-11(9-16,5-6-12(13,14)15)8-10-4-2-3-7-18-10/h2-4,7H,5-6,8H2. The third kappa shape index (κ3) is 4.06. The van der Waals surface area contributed by atoms with Crippen LogP contribution in [0.25, 0.3) is 4.85 Å². The first-order chi connectivity index (χ1) is 8.41.